The Balaban J connectivity index is 2.14. The lowest BCUT2D eigenvalue weighted by Gasteiger charge is -2.27. The summed E-state index contributed by atoms with van der Waals surface area (Å²) in [5, 5.41) is 8.65. The molecule has 16 heavy (non-hydrogen) atoms. The van der Waals surface area contributed by atoms with E-state index in [-0.39, 0.29) is 0 Å². The molecule has 1 aliphatic rings. The Morgan fingerprint density at radius 1 is 1.62 bits per heavy atom. The van der Waals surface area contributed by atoms with Crippen molar-refractivity contribution in [2.45, 2.75) is 37.8 Å². The molecule has 5 nitrogen and oxygen atoms in total. The molecule has 94 valence electrons. The summed E-state index contributed by atoms with van der Waals surface area (Å²) in [5.41, 5.74) is 5.44. The first kappa shape index (κ1) is 13.4. The summed E-state index contributed by atoms with van der Waals surface area (Å²) in [7, 11) is 1.98. The maximum absolute atomic E-state index is 10.5. The molecule has 1 aliphatic heterocycles. The van der Waals surface area contributed by atoms with Gasteiger partial charge in [-0.1, -0.05) is 0 Å². The lowest BCUT2D eigenvalue weighted by Crippen LogP contribution is -2.38. The van der Waals surface area contributed by atoms with Gasteiger partial charge in [-0.2, -0.15) is 0 Å². The van der Waals surface area contributed by atoms with E-state index in [0.717, 1.165) is 26.0 Å². The van der Waals surface area contributed by atoms with E-state index >= 15 is 0 Å². The lowest BCUT2D eigenvalue weighted by atomic mass is 10.1. The Labute approximate surface area is 96.6 Å². The van der Waals surface area contributed by atoms with Gasteiger partial charge in [0.05, 0.1) is 6.10 Å². The fraction of sp³-hybridized carbons (Fsp3) is 0.909. The Kier molecular flexibility index (Phi) is 5.73. The van der Waals surface area contributed by atoms with Crippen LogP contribution in [0.1, 0.15) is 25.7 Å². The van der Waals surface area contributed by atoms with E-state index in [9.17, 15) is 4.79 Å². The van der Waals surface area contributed by atoms with Crippen molar-refractivity contribution in [2.24, 2.45) is 5.73 Å². The summed E-state index contributed by atoms with van der Waals surface area (Å²) in [5.74, 6) is -0.928. The molecule has 1 fully saturated rings. The summed E-state index contributed by atoms with van der Waals surface area (Å²) >= 11 is 0. The van der Waals surface area contributed by atoms with Gasteiger partial charge in [0.25, 0.3) is 0 Å². The summed E-state index contributed by atoms with van der Waals surface area (Å²) in [6, 6.07) is -0.755. The van der Waals surface area contributed by atoms with Crippen molar-refractivity contribution in [3.8, 4) is 0 Å². The van der Waals surface area contributed by atoms with Crippen LogP contribution in [-0.4, -0.2) is 54.9 Å². The van der Waals surface area contributed by atoms with Crippen molar-refractivity contribution < 1.29 is 14.6 Å². The van der Waals surface area contributed by atoms with Gasteiger partial charge in [-0.3, -0.25) is 4.79 Å². The molecular weight excluding hydrogens is 208 g/mol. The largest absolute Gasteiger partial charge is 0.480 e. The van der Waals surface area contributed by atoms with Crippen molar-refractivity contribution in [1.82, 2.24) is 4.90 Å². The molecule has 0 aromatic heterocycles. The average Bonchev–Trinajstić information content (AvgIpc) is 2.27. The summed E-state index contributed by atoms with van der Waals surface area (Å²) in [4.78, 5) is 12.6. The third-order valence-electron chi connectivity index (χ3n) is 2.93. The van der Waals surface area contributed by atoms with Crippen LogP contribution in [0.2, 0.25) is 0 Å². The van der Waals surface area contributed by atoms with Gasteiger partial charge in [0, 0.05) is 13.2 Å². The number of carboxylic acid groups (broad SMARTS) is 1. The maximum atomic E-state index is 10.5. The number of hydrogen-bond donors (Lipinski definition) is 2. The van der Waals surface area contributed by atoms with Gasteiger partial charge in [0.2, 0.25) is 0 Å². The highest BCUT2D eigenvalue weighted by Crippen LogP contribution is 2.13. The maximum Gasteiger partial charge on any atom is 0.320 e. The number of hydrogen-bond acceptors (Lipinski definition) is 4. The molecule has 0 aromatic carbocycles. The second kappa shape index (κ2) is 6.83. The summed E-state index contributed by atoms with van der Waals surface area (Å²) < 4.78 is 5.61. The SMILES string of the molecule is CN(CCC(N)C(=O)O)CC1CCCCO1. The Morgan fingerprint density at radius 2 is 2.38 bits per heavy atom. The van der Waals surface area contributed by atoms with Gasteiger partial charge in [-0.25, -0.2) is 0 Å². The predicted molar refractivity (Wildman–Crippen MR) is 61.3 cm³/mol. The molecule has 3 N–H and O–H groups in total. The quantitative estimate of drug-likeness (QED) is 0.686. The molecule has 0 spiro atoms. The monoisotopic (exact) mass is 230 g/mol. The third-order valence-corrected chi connectivity index (χ3v) is 2.93. The molecule has 1 heterocycles. The lowest BCUT2D eigenvalue weighted by molar-refractivity contribution is -0.138. The molecule has 2 atom stereocenters. The molecule has 1 rings (SSSR count). The highest BCUT2D eigenvalue weighted by molar-refractivity contribution is 5.72. The third kappa shape index (κ3) is 4.92. The molecule has 0 aliphatic carbocycles. The molecule has 0 bridgehead atoms. The van der Waals surface area contributed by atoms with Crippen LogP contribution in [0.4, 0.5) is 0 Å². The van der Waals surface area contributed by atoms with Crippen LogP contribution in [0.25, 0.3) is 0 Å². The number of nitrogens with two attached hydrogens (primary N) is 1. The highest BCUT2D eigenvalue weighted by Gasteiger charge is 2.17. The highest BCUT2D eigenvalue weighted by atomic mass is 16.5. The van der Waals surface area contributed by atoms with Gasteiger partial charge in [-0.05, 0) is 39.3 Å². The molecular formula is C11H22N2O3. The number of nitrogens with zero attached hydrogens (tertiary/aromatic N) is 1. The van der Waals surface area contributed by atoms with Gasteiger partial charge in [-0.15, -0.1) is 0 Å². The molecule has 1 saturated heterocycles. The minimum atomic E-state index is -0.928. The first-order chi connectivity index (χ1) is 7.59. The van der Waals surface area contributed by atoms with Crippen molar-refractivity contribution >= 4 is 5.97 Å². The topological polar surface area (TPSA) is 75.8 Å². The van der Waals surface area contributed by atoms with E-state index in [0.29, 0.717) is 19.1 Å². The Morgan fingerprint density at radius 3 is 2.94 bits per heavy atom. The minimum Gasteiger partial charge on any atom is -0.480 e. The number of ether oxygens (including phenoxy) is 1. The van der Waals surface area contributed by atoms with E-state index in [1.807, 2.05) is 7.05 Å². The molecule has 0 radical (unpaired) electrons. The molecule has 0 amide bonds. The fourth-order valence-electron chi connectivity index (χ4n) is 1.87. The standard InChI is InChI=1S/C11H22N2O3/c1-13(6-5-10(12)11(14)15)8-9-4-2-3-7-16-9/h9-10H,2-8,12H2,1H3,(H,14,15). The molecule has 2 unspecified atom stereocenters. The number of carboxylic acids is 1. The van der Waals surface area contributed by atoms with E-state index in [4.69, 9.17) is 15.6 Å². The number of likely N-dealkylation sites (N-methyl/N-ethyl adjacent to an activating group) is 1. The zero-order chi connectivity index (χ0) is 12.0. The van der Waals surface area contributed by atoms with Gasteiger partial charge < -0.3 is 20.5 Å². The van der Waals surface area contributed by atoms with Crippen LogP contribution in [0.5, 0.6) is 0 Å². The normalized spacial score (nSPS) is 23.3. The van der Waals surface area contributed by atoms with Crippen LogP contribution >= 0.6 is 0 Å². The van der Waals surface area contributed by atoms with Crippen molar-refractivity contribution in [2.75, 3.05) is 26.7 Å². The molecule has 0 saturated carbocycles. The van der Waals surface area contributed by atoms with E-state index < -0.39 is 12.0 Å². The predicted octanol–water partition coefficient (Wildman–Crippen LogP) is 0.289. The zero-order valence-corrected chi connectivity index (χ0v) is 9.89. The van der Waals surface area contributed by atoms with Crippen molar-refractivity contribution in [1.29, 1.82) is 0 Å². The van der Waals surface area contributed by atoms with Crippen molar-refractivity contribution in [3.05, 3.63) is 0 Å². The zero-order valence-electron chi connectivity index (χ0n) is 9.89. The Bertz CT molecular complexity index is 217. The van der Waals surface area contributed by atoms with Gasteiger partial charge in [0.15, 0.2) is 0 Å². The number of carbonyl (C=O) groups is 1. The van der Waals surface area contributed by atoms with Gasteiger partial charge in [0.1, 0.15) is 6.04 Å². The second-order valence-electron chi connectivity index (χ2n) is 4.48. The summed E-state index contributed by atoms with van der Waals surface area (Å²) in [6.07, 6.45) is 4.28. The van der Waals surface area contributed by atoms with Crippen LogP contribution in [0, 0.1) is 0 Å². The van der Waals surface area contributed by atoms with Crippen molar-refractivity contribution in [3.63, 3.8) is 0 Å². The van der Waals surface area contributed by atoms with Crippen LogP contribution in [-0.2, 0) is 9.53 Å². The van der Waals surface area contributed by atoms with Crippen LogP contribution < -0.4 is 5.73 Å². The fourth-order valence-corrected chi connectivity index (χ4v) is 1.87. The smallest absolute Gasteiger partial charge is 0.320 e. The number of aliphatic carboxylic acids is 1. The average molecular weight is 230 g/mol. The van der Waals surface area contributed by atoms with E-state index in [1.54, 1.807) is 0 Å². The second-order valence-corrected chi connectivity index (χ2v) is 4.48. The molecule has 5 heteroatoms. The summed E-state index contributed by atoms with van der Waals surface area (Å²) in [6.45, 7) is 2.42. The minimum absolute atomic E-state index is 0.305. The first-order valence-electron chi connectivity index (χ1n) is 5.88. The van der Waals surface area contributed by atoms with Crippen LogP contribution in [0.15, 0.2) is 0 Å². The van der Waals surface area contributed by atoms with Crippen LogP contribution in [0.3, 0.4) is 0 Å². The Hall–Kier alpha value is -0.650. The number of rotatable bonds is 6. The van der Waals surface area contributed by atoms with Gasteiger partial charge >= 0.3 is 5.97 Å². The molecule has 0 aromatic rings. The van der Waals surface area contributed by atoms with E-state index in [1.165, 1.54) is 6.42 Å². The first-order valence-corrected chi connectivity index (χ1v) is 5.88. The van der Waals surface area contributed by atoms with E-state index in [2.05, 4.69) is 4.90 Å².